The summed E-state index contributed by atoms with van der Waals surface area (Å²) in [5, 5.41) is 10.3. The molecule has 0 aliphatic carbocycles. The summed E-state index contributed by atoms with van der Waals surface area (Å²) < 4.78 is 4.13. The highest BCUT2D eigenvalue weighted by molar-refractivity contribution is 7.98. The lowest BCUT2D eigenvalue weighted by atomic mass is 10.2. The van der Waals surface area contributed by atoms with Crippen LogP contribution in [0.3, 0.4) is 0 Å². The van der Waals surface area contributed by atoms with Crippen molar-refractivity contribution in [1.29, 1.82) is 0 Å². The van der Waals surface area contributed by atoms with E-state index in [1.54, 1.807) is 24.2 Å². The van der Waals surface area contributed by atoms with Crippen LogP contribution in [0.1, 0.15) is 5.82 Å². The smallest absolute Gasteiger partial charge is 0.192 e. The standard InChI is InChI=1S/C19H17ClN6S/c1-3-10-26-18(13-6-8-21-9-7-13)23-24-19(26)27-12-17-22-15-11-14(20)4-5-16(15)25(17)2/h3-9,11H,1,10,12H2,2H3. The molecule has 3 heterocycles. The van der Waals surface area contributed by atoms with Crippen molar-refractivity contribution in [2.75, 3.05) is 0 Å². The number of halogens is 1. The van der Waals surface area contributed by atoms with Gasteiger partial charge in [0.2, 0.25) is 0 Å². The van der Waals surface area contributed by atoms with Gasteiger partial charge >= 0.3 is 0 Å². The van der Waals surface area contributed by atoms with E-state index >= 15 is 0 Å². The Morgan fingerprint density at radius 3 is 2.78 bits per heavy atom. The molecule has 0 bridgehead atoms. The minimum Gasteiger partial charge on any atom is -0.330 e. The van der Waals surface area contributed by atoms with E-state index in [4.69, 9.17) is 16.6 Å². The minimum atomic E-state index is 0.630. The first-order chi connectivity index (χ1) is 13.2. The van der Waals surface area contributed by atoms with Gasteiger partial charge in [-0.05, 0) is 30.3 Å². The number of hydrogen-bond acceptors (Lipinski definition) is 5. The van der Waals surface area contributed by atoms with E-state index in [-0.39, 0.29) is 0 Å². The van der Waals surface area contributed by atoms with Crippen LogP contribution in [0.25, 0.3) is 22.4 Å². The highest BCUT2D eigenvalue weighted by Gasteiger charge is 2.15. The van der Waals surface area contributed by atoms with Gasteiger partial charge in [0.15, 0.2) is 11.0 Å². The molecular weight excluding hydrogens is 380 g/mol. The maximum absolute atomic E-state index is 6.08. The number of nitrogens with zero attached hydrogens (tertiary/aromatic N) is 6. The van der Waals surface area contributed by atoms with E-state index in [0.29, 0.717) is 17.3 Å². The second kappa shape index (κ2) is 7.54. The lowest BCUT2D eigenvalue weighted by molar-refractivity contribution is 0.730. The molecule has 6 nitrogen and oxygen atoms in total. The fraction of sp³-hybridized carbons (Fsp3) is 0.158. The minimum absolute atomic E-state index is 0.630. The Balaban J connectivity index is 1.63. The Morgan fingerprint density at radius 1 is 1.19 bits per heavy atom. The monoisotopic (exact) mass is 396 g/mol. The first-order valence-corrected chi connectivity index (χ1v) is 9.72. The largest absolute Gasteiger partial charge is 0.330 e. The molecule has 1 aromatic carbocycles. The van der Waals surface area contributed by atoms with Crippen LogP contribution >= 0.6 is 23.4 Å². The lowest BCUT2D eigenvalue weighted by Crippen LogP contribution is -2.02. The van der Waals surface area contributed by atoms with Gasteiger partial charge < -0.3 is 4.57 Å². The molecule has 0 fully saturated rings. The van der Waals surface area contributed by atoms with Crippen LogP contribution in [-0.4, -0.2) is 29.3 Å². The number of hydrogen-bond donors (Lipinski definition) is 0. The predicted molar refractivity (Wildman–Crippen MR) is 109 cm³/mol. The number of rotatable bonds is 6. The zero-order chi connectivity index (χ0) is 18.8. The van der Waals surface area contributed by atoms with Gasteiger partial charge in [0.1, 0.15) is 5.82 Å². The summed E-state index contributed by atoms with van der Waals surface area (Å²) >= 11 is 7.68. The fourth-order valence-electron chi connectivity index (χ4n) is 2.88. The predicted octanol–water partition coefficient (Wildman–Crippen LogP) is 4.36. The average Bonchev–Trinajstić information content (AvgIpc) is 3.22. The first kappa shape index (κ1) is 17.8. The van der Waals surface area contributed by atoms with Crippen LogP contribution in [0.15, 0.2) is 60.5 Å². The number of thioether (sulfide) groups is 1. The van der Waals surface area contributed by atoms with E-state index in [1.165, 1.54) is 0 Å². The van der Waals surface area contributed by atoms with Crippen molar-refractivity contribution in [3.8, 4) is 11.4 Å². The van der Waals surface area contributed by atoms with Gasteiger partial charge in [0, 0.05) is 36.6 Å². The van der Waals surface area contributed by atoms with Crippen LogP contribution in [-0.2, 0) is 19.3 Å². The zero-order valence-corrected chi connectivity index (χ0v) is 16.3. The van der Waals surface area contributed by atoms with E-state index in [0.717, 1.165) is 33.4 Å². The Hall–Kier alpha value is -2.64. The Kier molecular flexibility index (Phi) is 4.96. The molecule has 27 heavy (non-hydrogen) atoms. The van der Waals surface area contributed by atoms with Crippen molar-refractivity contribution >= 4 is 34.4 Å². The summed E-state index contributed by atoms with van der Waals surface area (Å²) in [5.74, 6) is 2.43. The van der Waals surface area contributed by atoms with Crippen molar-refractivity contribution in [1.82, 2.24) is 29.3 Å². The number of imidazole rings is 1. The molecule has 0 saturated carbocycles. The van der Waals surface area contributed by atoms with Crippen molar-refractivity contribution < 1.29 is 0 Å². The van der Waals surface area contributed by atoms with E-state index in [1.807, 2.05) is 48.0 Å². The van der Waals surface area contributed by atoms with Gasteiger partial charge in [-0.3, -0.25) is 9.55 Å². The fourth-order valence-corrected chi connectivity index (χ4v) is 3.98. The summed E-state index contributed by atoms with van der Waals surface area (Å²) in [6, 6.07) is 9.60. The number of aromatic nitrogens is 6. The lowest BCUT2D eigenvalue weighted by Gasteiger charge is -2.07. The van der Waals surface area contributed by atoms with Crippen LogP contribution < -0.4 is 0 Å². The number of aryl methyl sites for hydroxylation is 1. The molecule has 0 amide bonds. The molecule has 0 unspecified atom stereocenters. The van der Waals surface area contributed by atoms with Gasteiger partial charge in [0.25, 0.3) is 0 Å². The maximum atomic E-state index is 6.08. The molecule has 136 valence electrons. The van der Waals surface area contributed by atoms with Gasteiger partial charge in [-0.15, -0.1) is 16.8 Å². The second-order valence-electron chi connectivity index (χ2n) is 5.95. The molecule has 3 aromatic heterocycles. The van der Waals surface area contributed by atoms with Crippen molar-refractivity contribution in [2.45, 2.75) is 17.5 Å². The molecule has 0 aliphatic heterocycles. The van der Waals surface area contributed by atoms with Crippen molar-refractivity contribution in [2.24, 2.45) is 7.05 Å². The average molecular weight is 397 g/mol. The van der Waals surface area contributed by atoms with E-state index in [2.05, 4.69) is 26.3 Å². The number of pyridine rings is 1. The van der Waals surface area contributed by atoms with Crippen LogP contribution in [0, 0.1) is 0 Å². The third kappa shape index (κ3) is 3.48. The first-order valence-electron chi connectivity index (χ1n) is 8.35. The summed E-state index contributed by atoms with van der Waals surface area (Å²) in [6.45, 7) is 4.48. The highest BCUT2D eigenvalue weighted by atomic mass is 35.5. The molecule has 0 radical (unpaired) electrons. The summed E-state index contributed by atoms with van der Waals surface area (Å²) in [5.41, 5.74) is 2.93. The Bertz CT molecular complexity index is 1100. The molecule has 0 atom stereocenters. The Morgan fingerprint density at radius 2 is 2.00 bits per heavy atom. The third-order valence-electron chi connectivity index (χ3n) is 4.23. The Labute approximate surface area is 165 Å². The number of benzene rings is 1. The molecule has 0 N–H and O–H groups in total. The SMILES string of the molecule is C=CCn1c(SCc2nc3cc(Cl)ccc3n2C)nnc1-c1ccncc1. The summed E-state index contributed by atoms with van der Waals surface area (Å²) in [4.78, 5) is 8.76. The van der Waals surface area contributed by atoms with Gasteiger partial charge in [-0.25, -0.2) is 4.98 Å². The second-order valence-corrected chi connectivity index (χ2v) is 7.33. The van der Waals surface area contributed by atoms with Crippen LogP contribution in [0.2, 0.25) is 5.02 Å². The highest BCUT2D eigenvalue weighted by Crippen LogP contribution is 2.27. The van der Waals surface area contributed by atoms with Crippen LogP contribution in [0.5, 0.6) is 0 Å². The summed E-state index contributed by atoms with van der Waals surface area (Å²) in [6.07, 6.45) is 5.34. The normalized spacial score (nSPS) is 11.2. The van der Waals surface area contributed by atoms with Gasteiger partial charge in [-0.2, -0.15) is 0 Å². The topological polar surface area (TPSA) is 61.4 Å². The molecule has 4 aromatic rings. The number of fused-ring (bicyclic) bond motifs is 1. The van der Waals surface area contributed by atoms with Crippen molar-refractivity contribution in [3.05, 3.63) is 66.2 Å². The molecule has 4 rings (SSSR count). The molecule has 8 heteroatoms. The maximum Gasteiger partial charge on any atom is 0.192 e. The van der Waals surface area contributed by atoms with Gasteiger partial charge in [0.05, 0.1) is 16.8 Å². The van der Waals surface area contributed by atoms with Crippen molar-refractivity contribution in [3.63, 3.8) is 0 Å². The number of allylic oxidation sites excluding steroid dienone is 1. The quantitative estimate of drug-likeness (QED) is 0.358. The van der Waals surface area contributed by atoms with Gasteiger partial charge in [-0.1, -0.05) is 29.4 Å². The zero-order valence-electron chi connectivity index (χ0n) is 14.7. The van der Waals surface area contributed by atoms with Crippen LogP contribution in [0.4, 0.5) is 0 Å². The molecule has 0 spiro atoms. The summed E-state index contributed by atoms with van der Waals surface area (Å²) in [7, 11) is 2.01. The molecule has 0 saturated heterocycles. The molecule has 0 aliphatic rings. The molecular formula is C19H17ClN6S. The third-order valence-corrected chi connectivity index (χ3v) is 5.43. The van der Waals surface area contributed by atoms with E-state index in [9.17, 15) is 0 Å². The van der Waals surface area contributed by atoms with E-state index < -0.39 is 0 Å².